The molecule has 0 radical (unpaired) electrons. The quantitative estimate of drug-likeness (QED) is 0.846. The molecule has 1 aromatic carbocycles. The number of aromatic nitrogens is 2. The van der Waals surface area contributed by atoms with E-state index < -0.39 is 10.0 Å². The Labute approximate surface area is 141 Å². The number of fused-ring (bicyclic) bond motifs is 1. The van der Waals surface area contributed by atoms with E-state index in [9.17, 15) is 8.42 Å². The van der Waals surface area contributed by atoms with Gasteiger partial charge in [-0.15, -0.1) is 0 Å². The van der Waals surface area contributed by atoms with Crippen molar-refractivity contribution in [3.63, 3.8) is 0 Å². The van der Waals surface area contributed by atoms with E-state index >= 15 is 0 Å². The third kappa shape index (κ3) is 2.67. The predicted octanol–water partition coefficient (Wildman–Crippen LogP) is 2.39. The molecule has 2 aliphatic rings. The van der Waals surface area contributed by atoms with Crippen LogP contribution in [0.15, 0.2) is 21.7 Å². The van der Waals surface area contributed by atoms with Gasteiger partial charge < -0.3 is 4.90 Å². The van der Waals surface area contributed by atoms with E-state index in [4.69, 9.17) is 4.63 Å². The van der Waals surface area contributed by atoms with E-state index in [-0.39, 0.29) is 4.90 Å². The third-order valence-corrected chi connectivity index (χ3v) is 6.92. The highest BCUT2D eigenvalue weighted by atomic mass is 32.2. The minimum atomic E-state index is -3.55. The Balaban J connectivity index is 1.76. The Morgan fingerprint density at radius 1 is 0.833 bits per heavy atom. The van der Waals surface area contributed by atoms with Gasteiger partial charge in [0.05, 0.1) is 5.69 Å². The lowest BCUT2D eigenvalue weighted by atomic mass is 10.1. The number of piperidine rings is 2. The lowest BCUT2D eigenvalue weighted by molar-refractivity contribution is 0.314. The van der Waals surface area contributed by atoms with Gasteiger partial charge in [-0.25, -0.2) is 13.0 Å². The summed E-state index contributed by atoms with van der Waals surface area (Å²) in [6.45, 7) is 3.06. The minimum absolute atomic E-state index is 0.210. The Kier molecular flexibility index (Phi) is 4.17. The molecule has 2 aromatic rings. The molecular weight excluding hydrogens is 328 g/mol. The Bertz CT molecular complexity index is 821. The van der Waals surface area contributed by atoms with Crippen molar-refractivity contribution in [2.75, 3.05) is 31.1 Å². The van der Waals surface area contributed by atoms with Gasteiger partial charge in [-0.3, -0.25) is 0 Å². The van der Waals surface area contributed by atoms with Crippen molar-refractivity contribution in [2.45, 2.75) is 43.4 Å². The first-order valence-electron chi connectivity index (χ1n) is 8.68. The zero-order valence-electron chi connectivity index (χ0n) is 13.6. The van der Waals surface area contributed by atoms with Crippen molar-refractivity contribution >= 4 is 26.7 Å². The first kappa shape index (κ1) is 15.8. The summed E-state index contributed by atoms with van der Waals surface area (Å²) >= 11 is 0. The van der Waals surface area contributed by atoms with E-state index in [0.29, 0.717) is 24.1 Å². The molecule has 4 rings (SSSR count). The maximum absolute atomic E-state index is 13.0. The van der Waals surface area contributed by atoms with E-state index in [1.165, 1.54) is 6.42 Å². The molecular formula is C16H22N4O3S. The molecule has 24 heavy (non-hydrogen) atoms. The first-order valence-corrected chi connectivity index (χ1v) is 10.1. The third-order valence-electron chi connectivity index (χ3n) is 4.99. The molecule has 0 aliphatic carbocycles. The molecule has 0 spiro atoms. The van der Waals surface area contributed by atoms with Gasteiger partial charge in [0.2, 0.25) is 10.0 Å². The van der Waals surface area contributed by atoms with Crippen molar-refractivity contribution in [2.24, 2.45) is 0 Å². The Morgan fingerprint density at radius 2 is 1.46 bits per heavy atom. The molecule has 1 aromatic heterocycles. The summed E-state index contributed by atoms with van der Waals surface area (Å²) in [4.78, 5) is 2.45. The summed E-state index contributed by atoms with van der Waals surface area (Å²) in [5, 5.41) is 7.92. The van der Waals surface area contributed by atoms with Crippen LogP contribution in [0.1, 0.15) is 38.5 Å². The van der Waals surface area contributed by atoms with Gasteiger partial charge in [-0.1, -0.05) is 6.42 Å². The number of rotatable bonds is 3. The lowest BCUT2D eigenvalue weighted by Crippen LogP contribution is -2.35. The van der Waals surface area contributed by atoms with E-state index in [0.717, 1.165) is 50.9 Å². The number of hydrogen-bond acceptors (Lipinski definition) is 6. The van der Waals surface area contributed by atoms with Crippen LogP contribution in [-0.2, 0) is 10.0 Å². The Hall–Kier alpha value is -1.67. The van der Waals surface area contributed by atoms with Crippen LogP contribution in [0.5, 0.6) is 0 Å². The summed E-state index contributed by atoms with van der Waals surface area (Å²) in [5.74, 6) is 0. The van der Waals surface area contributed by atoms with E-state index in [1.807, 2.05) is 6.07 Å². The fourth-order valence-corrected chi connectivity index (χ4v) is 5.31. The maximum Gasteiger partial charge on any atom is 0.245 e. The zero-order chi connectivity index (χ0) is 16.6. The van der Waals surface area contributed by atoms with Crippen LogP contribution in [0.25, 0.3) is 11.0 Å². The molecule has 7 nitrogen and oxygen atoms in total. The second-order valence-corrected chi connectivity index (χ2v) is 8.46. The lowest BCUT2D eigenvalue weighted by Gasteiger charge is -2.29. The van der Waals surface area contributed by atoms with Crippen molar-refractivity contribution < 1.29 is 13.0 Å². The summed E-state index contributed by atoms with van der Waals surface area (Å²) in [6, 6.07) is 3.52. The highest BCUT2D eigenvalue weighted by Crippen LogP contribution is 2.33. The van der Waals surface area contributed by atoms with Crippen LogP contribution >= 0.6 is 0 Å². The van der Waals surface area contributed by atoms with Crippen molar-refractivity contribution in [3.8, 4) is 0 Å². The molecule has 2 saturated heterocycles. The zero-order valence-corrected chi connectivity index (χ0v) is 14.5. The van der Waals surface area contributed by atoms with Gasteiger partial charge in [0.1, 0.15) is 4.90 Å². The molecule has 0 atom stereocenters. The van der Waals surface area contributed by atoms with Crippen LogP contribution in [-0.4, -0.2) is 49.2 Å². The van der Waals surface area contributed by atoms with Gasteiger partial charge >= 0.3 is 0 Å². The van der Waals surface area contributed by atoms with Gasteiger partial charge in [0.15, 0.2) is 11.0 Å². The fraction of sp³-hybridized carbons (Fsp3) is 0.625. The summed E-state index contributed by atoms with van der Waals surface area (Å²) in [7, 11) is -3.55. The molecule has 0 N–H and O–H groups in total. The standard InChI is InChI=1S/C16H22N4O3S/c21-24(22,20-11-5-2-6-12-20)14-8-7-13(15-16(14)18-23-17-15)19-9-3-1-4-10-19/h7-8H,1-6,9-12H2. The summed E-state index contributed by atoms with van der Waals surface area (Å²) in [5.41, 5.74) is 1.82. The van der Waals surface area contributed by atoms with Gasteiger partial charge in [0, 0.05) is 26.2 Å². The van der Waals surface area contributed by atoms with Crippen LogP contribution < -0.4 is 4.90 Å². The molecule has 8 heteroatoms. The predicted molar refractivity (Wildman–Crippen MR) is 90.5 cm³/mol. The van der Waals surface area contributed by atoms with Crippen molar-refractivity contribution in [1.29, 1.82) is 0 Å². The van der Waals surface area contributed by atoms with Crippen molar-refractivity contribution in [3.05, 3.63) is 12.1 Å². The fourth-order valence-electron chi connectivity index (χ4n) is 3.67. The highest BCUT2D eigenvalue weighted by Gasteiger charge is 2.30. The van der Waals surface area contributed by atoms with E-state index in [2.05, 4.69) is 15.2 Å². The Morgan fingerprint density at radius 3 is 2.17 bits per heavy atom. The first-order chi connectivity index (χ1) is 11.7. The van der Waals surface area contributed by atoms with Crippen LogP contribution in [0, 0.1) is 0 Å². The summed E-state index contributed by atoms with van der Waals surface area (Å²) in [6.07, 6.45) is 6.41. The average molecular weight is 350 g/mol. The number of anilines is 1. The van der Waals surface area contributed by atoms with Gasteiger partial charge in [-0.2, -0.15) is 4.31 Å². The van der Waals surface area contributed by atoms with Crippen LogP contribution in [0.2, 0.25) is 0 Å². The average Bonchev–Trinajstić information content (AvgIpc) is 3.12. The van der Waals surface area contributed by atoms with Gasteiger partial charge in [0.25, 0.3) is 0 Å². The monoisotopic (exact) mass is 350 g/mol. The highest BCUT2D eigenvalue weighted by molar-refractivity contribution is 7.89. The molecule has 3 heterocycles. The molecule has 2 aliphatic heterocycles. The second-order valence-electron chi connectivity index (χ2n) is 6.56. The number of sulfonamides is 1. The molecule has 0 saturated carbocycles. The molecule has 0 amide bonds. The number of hydrogen-bond donors (Lipinski definition) is 0. The minimum Gasteiger partial charge on any atom is -0.370 e. The van der Waals surface area contributed by atoms with Gasteiger partial charge in [-0.05, 0) is 54.6 Å². The normalized spacial score (nSPS) is 20.6. The van der Waals surface area contributed by atoms with E-state index in [1.54, 1.807) is 10.4 Å². The summed E-state index contributed by atoms with van der Waals surface area (Å²) < 4.78 is 32.4. The van der Waals surface area contributed by atoms with Crippen molar-refractivity contribution in [1.82, 2.24) is 14.6 Å². The second kappa shape index (κ2) is 6.33. The van der Waals surface area contributed by atoms with Crippen LogP contribution in [0.3, 0.4) is 0 Å². The number of nitrogens with zero attached hydrogens (tertiary/aromatic N) is 4. The smallest absolute Gasteiger partial charge is 0.245 e. The SMILES string of the molecule is O=S(=O)(c1ccc(N2CCCCC2)c2nonc12)N1CCCCC1. The molecule has 0 unspecified atom stereocenters. The molecule has 2 fully saturated rings. The molecule has 0 bridgehead atoms. The van der Waals surface area contributed by atoms with Crippen LogP contribution in [0.4, 0.5) is 5.69 Å². The number of benzene rings is 1. The molecule has 130 valence electrons. The topological polar surface area (TPSA) is 79.5 Å². The maximum atomic E-state index is 13.0. The largest absolute Gasteiger partial charge is 0.370 e.